The zero-order chi connectivity index (χ0) is 8.97. The van der Waals surface area contributed by atoms with Crippen LogP contribution in [0.1, 0.15) is 20.3 Å². The minimum Gasteiger partial charge on any atom is -0.465 e. The molecule has 1 aliphatic rings. The zero-order valence-electron chi connectivity index (χ0n) is 7.63. The number of hydrogen-bond acceptors (Lipinski definition) is 1. The summed E-state index contributed by atoms with van der Waals surface area (Å²) < 4.78 is 5.34. The van der Waals surface area contributed by atoms with E-state index in [0.29, 0.717) is 0 Å². The molecule has 0 aromatic carbocycles. The van der Waals surface area contributed by atoms with Gasteiger partial charge in [0.1, 0.15) is 5.76 Å². The molecule has 0 aromatic heterocycles. The van der Waals surface area contributed by atoms with E-state index in [1.165, 1.54) is 5.57 Å². The Kier molecular flexibility index (Phi) is 2.92. The van der Waals surface area contributed by atoms with Gasteiger partial charge in [-0.05, 0) is 43.6 Å². The molecule has 0 N–H and O–H groups in total. The average molecular weight is 162 g/mol. The Balaban J connectivity index is 2.80. The summed E-state index contributed by atoms with van der Waals surface area (Å²) in [6.45, 7) is 7.77. The highest BCUT2D eigenvalue weighted by molar-refractivity contribution is 5.30. The van der Waals surface area contributed by atoms with Crippen molar-refractivity contribution in [3.05, 3.63) is 48.0 Å². The van der Waals surface area contributed by atoms with E-state index in [1.54, 1.807) is 6.26 Å². The Morgan fingerprint density at radius 2 is 2.42 bits per heavy atom. The standard InChI is InChI=1S/C11H14O/c1-4-9(2)8-11-10(3)6-5-7-12-11/h4-5,7-8H,1,6H2,2-3H3/b9-8-. The predicted molar refractivity (Wildman–Crippen MR) is 51.5 cm³/mol. The fourth-order valence-electron chi connectivity index (χ4n) is 0.970. The zero-order valence-corrected chi connectivity index (χ0v) is 7.63. The van der Waals surface area contributed by atoms with E-state index >= 15 is 0 Å². The van der Waals surface area contributed by atoms with Crippen molar-refractivity contribution in [1.82, 2.24) is 0 Å². The lowest BCUT2D eigenvalue weighted by Gasteiger charge is -2.10. The summed E-state index contributed by atoms with van der Waals surface area (Å²) in [7, 11) is 0. The molecular formula is C11H14O. The smallest absolute Gasteiger partial charge is 0.125 e. The molecule has 0 unspecified atom stereocenters. The maximum atomic E-state index is 5.34. The molecule has 0 aliphatic carbocycles. The monoisotopic (exact) mass is 162 g/mol. The summed E-state index contributed by atoms with van der Waals surface area (Å²) in [6, 6.07) is 0. The molecule has 12 heavy (non-hydrogen) atoms. The summed E-state index contributed by atoms with van der Waals surface area (Å²) in [5.74, 6) is 0.954. The average Bonchev–Trinajstić information content (AvgIpc) is 2.09. The minimum absolute atomic E-state index is 0.954. The van der Waals surface area contributed by atoms with Gasteiger partial charge in [-0.3, -0.25) is 0 Å². The summed E-state index contributed by atoms with van der Waals surface area (Å²) in [4.78, 5) is 0. The van der Waals surface area contributed by atoms with Crippen LogP contribution < -0.4 is 0 Å². The Morgan fingerprint density at radius 1 is 1.67 bits per heavy atom. The Labute approximate surface area is 73.7 Å². The topological polar surface area (TPSA) is 9.23 Å². The van der Waals surface area contributed by atoms with Gasteiger partial charge in [0.05, 0.1) is 6.26 Å². The molecule has 1 rings (SSSR count). The summed E-state index contributed by atoms with van der Waals surface area (Å²) in [5.41, 5.74) is 2.39. The molecule has 0 bridgehead atoms. The Hall–Kier alpha value is -1.24. The van der Waals surface area contributed by atoms with Crippen LogP contribution in [0.4, 0.5) is 0 Å². The van der Waals surface area contributed by atoms with Crippen molar-refractivity contribution >= 4 is 0 Å². The van der Waals surface area contributed by atoms with Crippen molar-refractivity contribution in [3.63, 3.8) is 0 Å². The van der Waals surface area contributed by atoms with E-state index in [9.17, 15) is 0 Å². The number of hydrogen-bond donors (Lipinski definition) is 0. The molecule has 0 spiro atoms. The van der Waals surface area contributed by atoms with Gasteiger partial charge in [-0.1, -0.05) is 12.7 Å². The van der Waals surface area contributed by atoms with Crippen molar-refractivity contribution in [2.24, 2.45) is 0 Å². The number of allylic oxidation sites excluding steroid dienone is 5. The Morgan fingerprint density at radius 3 is 3.00 bits per heavy atom. The summed E-state index contributed by atoms with van der Waals surface area (Å²) in [6.07, 6.45) is 8.55. The fourth-order valence-corrected chi connectivity index (χ4v) is 0.970. The third-order valence-corrected chi connectivity index (χ3v) is 1.82. The molecule has 0 aromatic rings. The Bertz CT molecular complexity index is 267. The summed E-state index contributed by atoms with van der Waals surface area (Å²) in [5, 5.41) is 0. The van der Waals surface area contributed by atoms with Crippen molar-refractivity contribution in [3.8, 4) is 0 Å². The maximum absolute atomic E-state index is 5.34. The summed E-state index contributed by atoms with van der Waals surface area (Å²) >= 11 is 0. The molecule has 0 atom stereocenters. The van der Waals surface area contributed by atoms with Crippen LogP contribution in [-0.2, 0) is 4.74 Å². The predicted octanol–water partition coefficient (Wildman–Crippen LogP) is 3.33. The van der Waals surface area contributed by atoms with Gasteiger partial charge in [-0.25, -0.2) is 0 Å². The lowest BCUT2D eigenvalue weighted by atomic mass is 10.1. The SMILES string of the molecule is C=C/C(C)=C\C1=C(C)CC=CO1. The van der Waals surface area contributed by atoms with Crippen molar-refractivity contribution < 1.29 is 4.74 Å². The van der Waals surface area contributed by atoms with Crippen LogP contribution in [0, 0.1) is 0 Å². The highest BCUT2D eigenvalue weighted by Crippen LogP contribution is 2.18. The molecule has 1 heteroatoms. The van der Waals surface area contributed by atoms with Crippen LogP contribution >= 0.6 is 0 Å². The first-order chi connectivity index (χ1) is 5.74. The first-order valence-electron chi connectivity index (χ1n) is 4.06. The third kappa shape index (κ3) is 2.12. The number of rotatable bonds is 2. The highest BCUT2D eigenvalue weighted by Gasteiger charge is 2.02. The second-order valence-electron chi connectivity index (χ2n) is 2.93. The van der Waals surface area contributed by atoms with Crippen molar-refractivity contribution in [2.75, 3.05) is 0 Å². The van der Waals surface area contributed by atoms with Crippen LogP contribution in [-0.4, -0.2) is 0 Å². The van der Waals surface area contributed by atoms with Crippen LogP contribution in [0.5, 0.6) is 0 Å². The van der Waals surface area contributed by atoms with E-state index in [0.717, 1.165) is 17.8 Å². The van der Waals surface area contributed by atoms with E-state index < -0.39 is 0 Å². The van der Waals surface area contributed by atoms with Crippen molar-refractivity contribution in [1.29, 1.82) is 0 Å². The van der Waals surface area contributed by atoms with Crippen LogP contribution in [0.25, 0.3) is 0 Å². The molecule has 1 nitrogen and oxygen atoms in total. The van der Waals surface area contributed by atoms with Gasteiger partial charge >= 0.3 is 0 Å². The molecule has 0 amide bonds. The van der Waals surface area contributed by atoms with Gasteiger partial charge in [0.15, 0.2) is 0 Å². The normalized spacial score (nSPS) is 17.7. The van der Waals surface area contributed by atoms with E-state index in [1.807, 2.05) is 25.2 Å². The first-order valence-corrected chi connectivity index (χ1v) is 4.06. The fraction of sp³-hybridized carbons (Fsp3) is 0.273. The third-order valence-electron chi connectivity index (χ3n) is 1.82. The molecule has 64 valence electrons. The van der Waals surface area contributed by atoms with Crippen LogP contribution in [0.3, 0.4) is 0 Å². The minimum atomic E-state index is 0.954. The van der Waals surface area contributed by atoms with Gasteiger partial charge < -0.3 is 4.74 Å². The molecule has 1 aliphatic heterocycles. The molecule has 0 saturated carbocycles. The second-order valence-corrected chi connectivity index (χ2v) is 2.93. The van der Waals surface area contributed by atoms with Crippen molar-refractivity contribution in [2.45, 2.75) is 20.3 Å². The second kappa shape index (κ2) is 3.96. The molecule has 0 fully saturated rings. The van der Waals surface area contributed by atoms with Crippen LogP contribution in [0.15, 0.2) is 48.0 Å². The molecular weight excluding hydrogens is 148 g/mol. The highest BCUT2D eigenvalue weighted by atomic mass is 16.5. The largest absolute Gasteiger partial charge is 0.465 e. The van der Waals surface area contributed by atoms with Gasteiger partial charge in [0.2, 0.25) is 0 Å². The van der Waals surface area contributed by atoms with Gasteiger partial charge in [0.25, 0.3) is 0 Å². The van der Waals surface area contributed by atoms with Gasteiger partial charge in [-0.2, -0.15) is 0 Å². The van der Waals surface area contributed by atoms with Crippen LogP contribution in [0.2, 0.25) is 0 Å². The van der Waals surface area contributed by atoms with Gasteiger partial charge in [0, 0.05) is 0 Å². The lowest BCUT2D eigenvalue weighted by Crippen LogP contribution is -1.93. The lowest BCUT2D eigenvalue weighted by molar-refractivity contribution is 0.352. The molecule has 0 radical (unpaired) electrons. The molecule has 1 heterocycles. The molecule has 0 saturated heterocycles. The maximum Gasteiger partial charge on any atom is 0.125 e. The van der Waals surface area contributed by atoms with E-state index in [2.05, 4.69) is 13.5 Å². The van der Waals surface area contributed by atoms with E-state index in [-0.39, 0.29) is 0 Å². The van der Waals surface area contributed by atoms with E-state index in [4.69, 9.17) is 4.74 Å². The van der Waals surface area contributed by atoms with Gasteiger partial charge in [-0.15, -0.1) is 0 Å². The first kappa shape index (κ1) is 8.85. The quantitative estimate of drug-likeness (QED) is 0.566. The number of ether oxygens (including phenoxy) is 1.